The van der Waals surface area contributed by atoms with E-state index >= 15 is 0 Å². The summed E-state index contributed by atoms with van der Waals surface area (Å²) in [5.41, 5.74) is 1.73. The number of hydrogen-bond donors (Lipinski definition) is 2. The molecule has 20 heavy (non-hydrogen) atoms. The van der Waals surface area contributed by atoms with Crippen LogP contribution in [0.15, 0.2) is 18.2 Å². The van der Waals surface area contributed by atoms with Crippen molar-refractivity contribution in [1.82, 2.24) is 0 Å². The Morgan fingerprint density at radius 2 is 2.15 bits per heavy atom. The van der Waals surface area contributed by atoms with Gasteiger partial charge in [0.25, 0.3) is 0 Å². The second-order valence-corrected chi connectivity index (χ2v) is 5.83. The summed E-state index contributed by atoms with van der Waals surface area (Å²) >= 11 is 5.58. The quantitative estimate of drug-likeness (QED) is 0.820. The molecule has 1 fully saturated rings. The highest BCUT2D eigenvalue weighted by atomic mass is 35.5. The van der Waals surface area contributed by atoms with E-state index < -0.39 is 6.10 Å². The smallest absolute Gasteiger partial charge is 0.125 e. The predicted molar refractivity (Wildman–Crippen MR) is 82.2 cm³/mol. The van der Waals surface area contributed by atoms with Gasteiger partial charge in [0.2, 0.25) is 0 Å². The van der Waals surface area contributed by atoms with E-state index in [2.05, 4.69) is 17.1 Å². The minimum atomic E-state index is -0.630. The largest absolute Gasteiger partial charge is 0.390 e. The van der Waals surface area contributed by atoms with Gasteiger partial charge in [-0.05, 0) is 37.0 Å². The van der Waals surface area contributed by atoms with Gasteiger partial charge in [0.15, 0.2) is 0 Å². The maximum absolute atomic E-state index is 13.4. The first-order valence-corrected chi connectivity index (χ1v) is 7.66. The SMILES string of the molecule is CC1CCN(c2ccc(F)cc2NCC(O)CCl)CC1. The van der Waals surface area contributed by atoms with Crippen LogP contribution in [0.4, 0.5) is 15.8 Å². The van der Waals surface area contributed by atoms with E-state index in [1.807, 2.05) is 0 Å². The molecule has 0 aromatic heterocycles. The molecule has 0 radical (unpaired) electrons. The number of alkyl halides is 1. The highest BCUT2D eigenvalue weighted by Crippen LogP contribution is 2.30. The van der Waals surface area contributed by atoms with Crippen LogP contribution in [0.2, 0.25) is 0 Å². The van der Waals surface area contributed by atoms with Crippen molar-refractivity contribution >= 4 is 23.0 Å². The van der Waals surface area contributed by atoms with Gasteiger partial charge in [-0.15, -0.1) is 11.6 Å². The number of aliphatic hydroxyl groups is 1. The van der Waals surface area contributed by atoms with Crippen molar-refractivity contribution in [2.45, 2.75) is 25.9 Å². The number of anilines is 2. The van der Waals surface area contributed by atoms with Crippen molar-refractivity contribution in [3.05, 3.63) is 24.0 Å². The molecule has 1 aliphatic heterocycles. The minimum Gasteiger partial charge on any atom is -0.390 e. The summed E-state index contributed by atoms with van der Waals surface area (Å²) < 4.78 is 13.4. The molecule has 0 bridgehead atoms. The van der Waals surface area contributed by atoms with Crippen LogP contribution in [0, 0.1) is 11.7 Å². The standard InChI is InChI=1S/C15H22ClFN2O/c1-11-4-6-19(7-5-11)15-3-2-12(17)8-14(15)18-10-13(20)9-16/h2-3,8,11,13,18,20H,4-7,9-10H2,1H3. The van der Waals surface area contributed by atoms with E-state index in [1.54, 1.807) is 6.07 Å². The van der Waals surface area contributed by atoms with Gasteiger partial charge in [-0.1, -0.05) is 6.92 Å². The lowest BCUT2D eigenvalue weighted by molar-refractivity contribution is 0.211. The minimum absolute atomic E-state index is 0.166. The number of aliphatic hydroxyl groups excluding tert-OH is 1. The zero-order valence-electron chi connectivity index (χ0n) is 11.8. The molecule has 0 amide bonds. The summed E-state index contributed by atoms with van der Waals surface area (Å²) in [7, 11) is 0. The highest BCUT2D eigenvalue weighted by molar-refractivity contribution is 6.18. The summed E-state index contributed by atoms with van der Waals surface area (Å²) in [6, 6.07) is 4.77. The van der Waals surface area contributed by atoms with Crippen LogP contribution >= 0.6 is 11.6 Å². The number of benzene rings is 1. The van der Waals surface area contributed by atoms with Crippen LogP contribution < -0.4 is 10.2 Å². The number of piperidine rings is 1. The van der Waals surface area contributed by atoms with Crippen LogP contribution in [0.5, 0.6) is 0 Å². The van der Waals surface area contributed by atoms with Gasteiger partial charge in [0.1, 0.15) is 5.82 Å². The Kier molecular flexibility index (Phi) is 5.49. The van der Waals surface area contributed by atoms with Crippen LogP contribution in [0.1, 0.15) is 19.8 Å². The van der Waals surface area contributed by atoms with Gasteiger partial charge in [-0.3, -0.25) is 0 Å². The molecular formula is C15H22ClFN2O. The van der Waals surface area contributed by atoms with Gasteiger partial charge < -0.3 is 15.3 Å². The second kappa shape index (κ2) is 7.14. The van der Waals surface area contributed by atoms with Crippen LogP contribution in [0.25, 0.3) is 0 Å². The fraction of sp³-hybridized carbons (Fsp3) is 0.600. The monoisotopic (exact) mass is 300 g/mol. The Bertz CT molecular complexity index is 436. The van der Waals surface area contributed by atoms with E-state index in [1.165, 1.54) is 12.1 Å². The summed E-state index contributed by atoms with van der Waals surface area (Å²) in [5, 5.41) is 12.6. The lowest BCUT2D eigenvalue weighted by Gasteiger charge is -2.33. The Hall–Kier alpha value is -1.00. The fourth-order valence-corrected chi connectivity index (χ4v) is 2.57. The zero-order valence-corrected chi connectivity index (χ0v) is 12.5. The molecule has 2 N–H and O–H groups in total. The number of halogens is 2. The van der Waals surface area contributed by atoms with Crippen LogP contribution in [0.3, 0.4) is 0 Å². The van der Waals surface area contributed by atoms with E-state index in [4.69, 9.17) is 11.6 Å². The molecule has 3 nitrogen and oxygen atoms in total. The van der Waals surface area contributed by atoms with E-state index in [9.17, 15) is 9.50 Å². The third-order valence-electron chi connectivity index (χ3n) is 3.79. The summed E-state index contributed by atoms with van der Waals surface area (Å²) in [5.74, 6) is 0.641. The Morgan fingerprint density at radius 1 is 1.45 bits per heavy atom. The molecule has 112 valence electrons. The molecular weight excluding hydrogens is 279 g/mol. The average Bonchev–Trinajstić information content (AvgIpc) is 2.46. The van der Waals surface area contributed by atoms with Crippen molar-refractivity contribution in [2.24, 2.45) is 5.92 Å². The molecule has 1 aromatic rings. The normalized spacial score (nSPS) is 18.1. The van der Waals surface area contributed by atoms with Gasteiger partial charge >= 0.3 is 0 Å². The summed E-state index contributed by atoms with van der Waals surface area (Å²) in [6.45, 7) is 4.56. The predicted octanol–water partition coefficient (Wildman–Crippen LogP) is 3.07. The molecule has 0 spiro atoms. The van der Waals surface area contributed by atoms with E-state index in [0.717, 1.165) is 43.2 Å². The molecule has 1 aromatic carbocycles. The molecule has 1 aliphatic rings. The highest BCUT2D eigenvalue weighted by Gasteiger charge is 2.19. The van der Waals surface area contributed by atoms with Gasteiger partial charge in [0.05, 0.1) is 23.4 Å². The van der Waals surface area contributed by atoms with Crippen molar-refractivity contribution in [3.63, 3.8) is 0 Å². The maximum Gasteiger partial charge on any atom is 0.125 e. The van der Waals surface area contributed by atoms with Gasteiger partial charge in [-0.2, -0.15) is 0 Å². The molecule has 5 heteroatoms. The second-order valence-electron chi connectivity index (χ2n) is 5.52. The molecule has 1 unspecified atom stereocenters. The molecule has 1 heterocycles. The van der Waals surface area contributed by atoms with Crippen molar-refractivity contribution in [2.75, 3.05) is 35.7 Å². The number of nitrogens with zero attached hydrogens (tertiary/aromatic N) is 1. The third-order valence-corrected chi connectivity index (χ3v) is 4.15. The summed E-state index contributed by atoms with van der Waals surface area (Å²) in [6.07, 6.45) is 1.68. The first kappa shape index (κ1) is 15.4. The van der Waals surface area contributed by atoms with Crippen LogP contribution in [-0.4, -0.2) is 36.7 Å². The summed E-state index contributed by atoms with van der Waals surface area (Å²) in [4.78, 5) is 2.27. The molecule has 0 aliphatic carbocycles. The zero-order chi connectivity index (χ0) is 14.5. The Labute approximate surface area is 124 Å². The topological polar surface area (TPSA) is 35.5 Å². The molecule has 1 atom stereocenters. The van der Waals surface area contributed by atoms with Crippen molar-refractivity contribution < 1.29 is 9.50 Å². The molecule has 1 saturated heterocycles. The lowest BCUT2D eigenvalue weighted by atomic mass is 9.98. The van der Waals surface area contributed by atoms with Crippen molar-refractivity contribution in [3.8, 4) is 0 Å². The van der Waals surface area contributed by atoms with Crippen molar-refractivity contribution in [1.29, 1.82) is 0 Å². The third kappa shape index (κ3) is 4.00. The maximum atomic E-state index is 13.4. The van der Waals surface area contributed by atoms with Crippen LogP contribution in [-0.2, 0) is 0 Å². The lowest BCUT2D eigenvalue weighted by Crippen LogP contribution is -2.33. The van der Waals surface area contributed by atoms with E-state index in [-0.39, 0.29) is 11.7 Å². The number of rotatable bonds is 5. The Morgan fingerprint density at radius 3 is 2.80 bits per heavy atom. The first-order valence-electron chi connectivity index (χ1n) is 7.12. The van der Waals surface area contributed by atoms with Gasteiger partial charge in [-0.25, -0.2) is 4.39 Å². The molecule has 0 saturated carbocycles. The first-order chi connectivity index (χ1) is 9.60. The number of hydrogen-bond acceptors (Lipinski definition) is 3. The fourth-order valence-electron chi connectivity index (χ4n) is 2.46. The average molecular weight is 301 g/mol. The Balaban J connectivity index is 2.11. The number of nitrogens with one attached hydrogen (secondary N) is 1. The van der Waals surface area contributed by atoms with Gasteiger partial charge in [0, 0.05) is 19.6 Å². The molecule has 2 rings (SSSR count). The van der Waals surface area contributed by atoms with E-state index in [0.29, 0.717) is 6.54 Å².